The molecule has 0 saturated heterocycles. The number of hydrazine groups is 1. The first-order chi connectivity index (χ1) is 3.83. The number of aliphatic imine (C=N–C) groups is 1. The summed E-state index contributed by atoms with van der Waals surface area (Å²) in [5.41, 5.74) is 5.17. The maximum Gasteiger partial charge on any atom is 0.221 e. The molecular weight excluding hydrogens is 126 g/mol. The number of thioether (sulfide) groups is 1. The van der Waals surface area contributed by atoms with Gasteiger partial charge < -0.3 is 5.11 Å². The van der Waals surface area contributed by atoms with E-state index in [1.54, 1.807) is 0 Å². The van der Waals surface area contributed by atoms with Gasteiger partial charge in [-0.25, -0.2) is 4.99 Å². The van der Waals surface area contributed by atoms with Crippen LogP contribution in [0.1, 0.15) is 0 Å². The summed E-state index contributed by atoms with van der Waals surface area (Å²) in [6, 6.07) is 0. The fraction of sp³-hybridized carbons (Fsp3) is 0.667. The highest BCUT2D eigenvalue weighted by molar-refractivity contribution is 8.13. The lowest BCUT2D eigenvalue weighted by Crippen LogP contribution is -2.33. The Morgan fingerprint density at radius 3 is 2.88 bits per heavy atom. The first-order valence-electron chi connectivity index (χ1n) is 2.14. The third-order valence-corrected chi connectivity index (χ3v) is 1.34. The van der Waals surface area contributed by atoms with E-state index in [4.69, 9.17) is 5.11 Å². The van der Waals surface area contributed by atoms with Gasteiger partial charge in [-0.3, -0.25) is 5.43 Å². The first kappa shape index (κ1) is 5.87. The molecule has 0 spiro atoms. The Kier molecular flexibility index (Phi) is 1.72. The summed E-state index contributed by atoms with van der Waals surface area (Å²) in [5.74, 6) is 0. The summed E-state index contributed by atoms with van der Waals surface area (Å²) < 4.78 is 0. The summed E-state index contributed by atoms with van der Waals surface area (Å²) in [6.07, 6.45) is 1.11. The molecule has 4 nitrogen and oxygen atoms in total. The van der Waals surface area contributed by atoms with E-state index in [0.29, 0.717) is 0 Å². The van der Waals surface area contributed by atoms with Crippen molar-refractivity contribution in [1.82, 2.24) is 10.9 Å². The first-order valence-corrected chi connectivity index (χ1v) is 3.37. The van der Waals surface area contributed by atoms with Crippen molar-refractivity contribution in [3.8, 4) is 0 Å². The summed E-state index contributed by atoms with van der Waals surface area (Å²) in [5, 5.41) is 9.38. The summed E-state index contributed by atoms with van der Waals surface area (Å²) in [6.45, 7) is 0. The van der Waals surface area contributed by atoms with Gasteiger partial charge in [0.1, 0.15) is 0 Å². The Morgan fingerprint density at radius 1 is 1.88 bits per heavy atom. The molecule has 0 radical (unpaired) electrons. The number of hydrogen-bond acceptors (Lipinski definition) is 5. The molecule has 1 aliphatic rings. The third-order valence-electron chi connectivity index (χ3n) is 0.741. The molecule has 0 bridgehead atoms. The molecule has 1 heterocycles. The number of aliphatic hydroxyl groups is 1. The van der Waals surface area contributed by atoms with Crippen molar-refractivity contribution in [2.75, 3.05) is 6.26 Å². The minimum absolute atomic E-state index is 0.720. The molecular formula is C3H7N3OS. The molecule has 3 N–H and O–H groups in total. The van der Waals surface area contributed by atoms with Crippen LogP contribution in [-0.2, 0) is 0 Å². The van der Waals surface area contributed by atoms with Crippen LogP contribution in [0.2, 0.25) is 0 Å². The van der Waals surface area contributed by atoms with E-state index in [-0.39, 0.29) is 0 Å². The number of amidine groups is 1. The van der Waals surface area contributed by atoms with Gasteiger partial charge in [0, 0.05) is 0 Å². The highest BCUT2D eigenvalue weighted by atomic mass is 32.2. The van der Waals surface area contributed by atoms with Crippen molar-refractivity contribution in [2.24, 2.45) is 4.99 Å². The topological polar surface area (TPSA) is 56.7 Å². The lowest BCUT2D eigenvalue weighted by molar-refractivity contribution is 0.152. The van der Waals surface area contributed by atoms with Gasteiger partial charge in [-0.1, -0.05) is 11.8 Å². The largest absolute Gasteiger partial charge is 0.358 e. The van der Waals surface area contributed by atoms with E-state index in [9.17, 15) is 0 Å². The predicted molar refractivity (Wildman–Crippen MR) is 33.2 cm³/mol. The van der Waals surface area contributed by atoms with Crippen LogP contribution < -0.4 is 10.9 Å². The maximum absolute atomic E-state index is 8.66. The van der Waals surface area contributed by atoms with Crippen LogP contribution in [0.5, 0.6) is 0 Å². The molecule has 0 saturated carbocycles. The van der Waals surface area contributed by atoms with Crippen LogP contribution in [0.25, 0.3) is 0 Å². The summed E-state index contributed by atoms with van der Waals surface area (Å²) >= 11 is 1.45. The zero-order valence-electron chi connectivity index (χ0n) is 4.38. The minimum Gasteiger partial charge on any atom is -0.358 e. The standard InChI is InChI=1S/C3H7N3OS/c1-8-3-4-2(7)5-6-3/h2,5,7H,1H3,(H,4,6). The molecule has 0 fully saturated rings. The Bertz CT molecular complexity index is 115. The Labute approximate surface area is 51.3 Å². The molecule has 0 aromatic heterocycles. The number of nitrogens with zero attached hydrogens (tertiary/aromatic N) is 1. The van der Waals surface area contributed by atoms with Crippen molar-refractivity contribution >= 4 is 16.9 Å². The molecule has 1 atom stereocenters. The molecule has 0 aromatic carbocycles. The van der Waals surface area contributed by atoms with Gasteiger partial charge in [0.15, 0.2) is 5.17 Å². The van der Waals surface area contributed by atoms with Gasteiger partial charge in [0.25, 0.3) is 0 Å². The lowest BCUT2D eigenvalue weighted by atomic mass is 11.1. The van der Waals surface area contributed by atoms with Gasteiger partial charge in [0.05, 0.1) is 0 Å². The maximum atomic E-state index is 8.66. The van der Waals surface area contributed by atoms with Crippen molar-refractivity contribution in [1.29, 1.82) is 0 Å². The van der Waals surface area contributed by atoms with Gasteiger partial charge in [-0.15, -0.1) is 0 Å². The van der Waals surface area contributed by atoms with E-state index in [1.165, 1.54) is 11.8 Å². The van der Waals surface area contributed by atoms with Gasteiger partial charge >= 0.3 is 0 Å². The Morgan fingerprint density at radius 2 is 2.62 bits per heavy atom. The number of hydrogen-bond donors (Lipinski definition) is 3. The highest BCUT2D eigenvalue weighted by Crippen LogP contribution is 1.98. The van der Waals surface area contributed by atoms with Gasteiger partial charge in [0.2, 0.25) is 6.35 Å². The molecule has 46 valence electrons. The van der Waals surface area contributed by atoms with Crippen LogP contribution in [0, 0.1) is 0 Å². The average Bonchev–Trinajstić information content (AvgIpc) is 2.14. The van der Waals surface area contributed by atoms with Crippen LogP contribution >= 0.6 is 11.8 Å². The molecule has 1 rings (SSSR count). The monoisotopic (exact) mass is 133 g/mol. The van der Waals surface area contributed by atoms with Crippen molar-refractivity contribution < 1.29 is 5.11 Å². The van der Waals surface area contributed by atoms with Crippen LogP contribution in [0.3, 0.4) is 0 Å². The Balaban J connectivity index is 2.44. The number of nitrogens with one attached hydrogen (secondary N) is 2. The predicted octanol–water partition coefficient (Wildman–Crippen LogP) is -0.911. The van der Waals surface area contributed by atoms with Crippen molar-refractivity contribution in [2.45, 2.75) is 6.35 Å². The molecule has 1 unspecified atom stereocenters. The van der Waals surface area contributed by atoms with Crippen LogP contribution in [0.4, 0.5) is 0 Å². The lowest BCUT2D eigenvalue weighted by Gasteiger charge is -1.94. The van der Waals surface area contributed by atoms with Crippen LogP contribution in [-0.4, -0.2) is 22.9 Å². The van der Waals surface area contributed by atoms with Gasteiger partial charge in [-0.05, 0) is 6.26 Å². The molecule has 0 aliphatic carbocycles. The second-order valence-corrected chi connectivity index (χ2v) is 2.08. The zero-order valence-corrected chi connectivity index (χ0v) is 5.20. The van der Waals surface area contributed by atoms with E-state index in [0.717, 1.165) is 5.17 Å². The third kappa shape index (κ3) is 1.12. The smallest absolute Gasteiger partial charge is 0.221 e. The quantitative estimate of drug-likeness (QED) is 0.400. The molecule has 5 heteroatoms. The highest BCUT2D eigenvalue weighted by Gasteiger charge is 2.09. The number of rotatable bonds is 0. The summed E-state index contributed by atoms with van der Waals surface area (Å²) in [4.78, 5) is 3.72. The van der Waals surface area contributed by atoms with E-state index < -0.39 is 6.35 Å². The van der Waals surface area contributed by atoms with E-state index in [2.05, 4.69) is 15.8 Å². The molecule has 1 aliphatic heterocycles. The fourth-order valence-corrected chi connectivity index (χ4v) is 0.772. The fourth-order valence-electron chi connectivity index (χ4n) is 0.406. The summed E-state index contributed by atoms with van der Waals surface area (Å²) in [7, 11) is 0. The molecule has 8 heavy (non-hydrogen) atoms. The average molecular weight is 133 g/mol. The second-order valence-electron chi connectivity index (χ2n) is 1.28. The molecule has 0 aromatic rings. The van der Waals surface area contributed by atoms with Crippen molar-refractivity contribution in [3.05, 3.63) is 0 Å². The Hall–Kier alpha value is -0.260. The molecule has 0 amide bonds. The normalized spacial score (nSPS) is 27.2. The van der Waals surface area contributed by atoms with Gasteiger partial charge in [-0.2, -0.15) is 5.43 Å². The zero-order chi connectivity index (χ0) is 5.98. The minimum atomic E-state index is -0.766. The second kappa shape index (κ2) is 2.34. The van der Waals surface area contributed by atoms with Crippen molar-refractivity contribution in [3.63, 3.8) is 0 Å². The number of aliphatic hydroxyl groups excluding tert-OH is 1. The van der Waals surface area contributed by atoms with Crippen LogP contribution in [0.15, 0.2) is 4.99 Å². The SMILES string of the molecule is CSC1=NC(O)NN1. The van der Waals surface area contributed by atoms with E-state index in [1.807, 2.05) is 6.26 Å². The van der Waals surface area contributed by atoms with E-state index >= 15 is 0 Å².